The Balaban J connectivity index is 2.13. The number of benzene rings is 2. The van der Waals surface area contributed by atoms with Gasteiger partial charge >= 0.3 is 0 Å². The molecular weight excluding hydrogens is 380 g/mol. The molecule has 0 saturated heterocycles. The maximum atomic E-state index is 5.47. The van der Waals surface area contributed by atoms with Gasteiger partial charge in [0, 0.05) is 13.1 Å². The molecule has 2 aromatic carbocycles. The highest BCUT2D eigenvalue weighted by Gasteiger charge is 2.17. The first-order chi connectivity index (χ1) is 14.5. The van der Waals surface area contributed by atoms with Gasteiger partial charge in [0.15, 0.2) is 17.5 Å². The zero-order valence-corrected chi connectivity index (χ0v) is 18.9. The van der Waals surface area contributed by atoms with Crippen molar-refractivity contribution in [2.24, 2.45) is 4.99 Å². The molecule has 1 unspecified atom stereocenters. The largest absolute Gasteiger partial charge is 0.497 e. The summed E-state index contributed by atoms with van der Waals surface area (Å²) in [5, 5.41) is 6.77. The quantitative estimate of drug-likeness (QED) is 0.460. The minimum Gasteiger partial charge on any atom is -0.497 e. The minimum absolute atomic E-state index is 0.130. The monoisotopic (exact) mass is 414 g/mol. The van der Waals surface area contributed by atoms with Crippen LogP contribution in [0.2, 0.25) is 0 Å². The van der Waals surface area contributed by atoms with Crippen molar-refractivity contribution in [2.75, 3.05) is 48.5 Å². The molecule has 0 radical (unpaired) electrons. The minimum atomic E-state index is 0.130. The van der Waals surface area contributed by atoms with Crippen LogP contribution in [0.25, 0.3) is 0 Å². The standard InChI is InChI=1S/C23H34N4O3/c1-7-24-23(25-15-17-9-8-10-19(13-17)28-4)26-16-20(27(2)3)18-11-12-21(29-5)22(14-18)30-6/h8-14,20H,7,15-16H2,1-6H3,(H2,24,25,26). The summed E-state index contributed by atoms with van der Waals surface area (Å²) in [7, 11) is 9.08. The first kappa shape index (κ1) is 23.3. The predicted octanol–water partition coefficient (Wildman–Crippen LogP) is 3.07. The third-order valence-corrected chi connectivity index (χ3v) is 4.78. The fraction of sp³-hybridized carbons (Fsp3) is 0.435. The smallest absolute Gasteiger partial charge is 0.191 e. The van der Waals surface area contributed by atoms with Crippen molar-refractivity contribution in [1.82, 2.24) is 15.5 Å². The maximum absolute atomic E-state index is 5.47. The van der Waals surface area contributed by atoms with Gasteiger partial charge in [-0.1, -0.05) is 18.2 Å². The van der Waals surface area contributed by atoms with Gasteiger partial charge in [0.05, 0.1) is 33.9 Å². The molecule has 0 aliphatic heterocycles. The average Bonchev–Trinajstić information content (AvgIpc) is 2.77. The second-order valence-electron chi connectivity index (χ2n) is 7.02. The van der Waals surface area contributed by atoms with Gasteiger partial charge in [-0.15, -0.1) is 0 Å². The normalized spacial score (nSPS) is 12.4. The van der Waals surface area contributed by atoms with Crippen LogP contribution in [0.15, 0.2) is 47.5 Å². The fourth-order valence-electron chi connectivity index (χ4n) is 3.13. The SMILES string of the molecule is CCNC(=NCc1cccc(OC)c1)NCC(c1ccc(OC)c(OC)c1)N(C)C. The van der Waals surface area contributed by atoms with E-state index in [1.54, 1.807) is 21.3 Å². The zero-order chi connectivity index (χ0) is 21.9. The summed E-state index contributed by atoms with van der Waals surface area (Å²) in [5.74, 6) is 3.05. The van der Waals surface area contributed by atoms with Crippen LogP contribution < -0.4 is 24.8 Å². The lowest BCUT2D eigenvalue weighted by Gasteiger charge is -2.26. The summed E-state index contributed by atoms with van der Waals surface area (Å²) in [4.78, 5) is 6.89. The maximum Gasteiger partial charge on any atom is 0.191 e. The highest BCUT2D eigenvalue weighted by Crippen LogP contribution is 2.31. The molecule has 7 nitrogen and oxygen atoms in total. The Bertz CT molecular complexity index is 824. The van der Waals surface area contributed by atoms with Gasteiger partial charge in [-0.25, -0.2) is 4.99 Å². The molecule has 0 fully saturated rings. The number of nitrogens with one attached hydrogen (secondary N) is 2. The van der Waals surface area contributed by atoms with Crippen LogP contribution in [0.5, 0.6) is 17.2 Å². The van der Waals surface area contributed by atoms with Gasteiger partial charge < -0.3 is 29.7 Å². The number of hydrogen-bond donors (Lipinski definition) is 2. The molecule has 164 valence electrons. The summed E-state index contributed by atoms with van der Waals surface area (Å²) in [6.07, 6.45) is 0. The van der Waals surface area contributed by atoms with Crippen molar-refractivity contribution < 1.29 is 14.2 Å². The predicted molar refractivity (Wildman–Crippen MR) is 122 cm³/mol. The van der Waals surface area contributed by atoms with Crippen molar-refractivity contribution in [3.05, 3.63) is 53.6 Å². The first-order valence-corrected chi connectivity index (χ1v) is 10.1. The Morgan fingerprint density at radius 2 is 1.73 bits per heavy atom. The van der Waals surface area contributed by atoms with Crippen LogP contribution in [0.4, 0.5) is 0 Å². The second-order valence-corrected chi connectivity index (χ2v) is 7.02. The second kappa shape index (κ2) is 11.9. The summed E-state index contributed by atoms with van der Waals surface area (Å²) in [5.41, 5.74) is 2.23. The molecular formula is C23H34N4O3. The number of likely N-dealkylation sites (N-methyl/N-ethyl adjacent to an activating group) is 1. The van der Waals surface area contributed by atoms with Crippen LogP contribution in [0, 0.1) is 0 Å². The molecule has 2 rings (SSSR count). The lowest BCUT2D eigenvalue weighted by Crippen LogP contribution is -2.41. The summed E-state index contributed by atoms with van der Waals surface area (Å²) >= 11 is 0. The van der Waals surface area contributed by atoms with Crippen LogP contribution in [-0.2, 0) is 6.54 Å². The van der Waals surface area contributed by atoms with Crippen molar-refractivity contribution >= 4 is 5.96 Å². The molecule has 1 atom stereocenters. The number of hydrogen-bond acceptors (Lipinski definition) is 5. The summed E-state index contributed by atoms with van der Waals surface area (Å²) in [6.45, 7) is 4.09. The highest BCUT2D eigenvalue weighted by atomic mass is 16.5. The van der Waals surface area contributed by atoms with Crippen LogP contribution in [0.1, 0.15) is 24.1 Å². The molecule has 2 N–H and O–H groups in total. The topological polar surface area (TPSA) is 67.4 Å². The number of ether oxygens (including phenoxy) is 3. The molecule has 0 aromatic heterocycles. The number of nitrogens with zero attached hydrogens (tertiary/aromatic N) is 2. The Morgan fingerprint density at radius 3 is 2.37 bits per heavy atom. The van der Waals surface area contributed by atoms with Crippen molar-refractivity contribution in [2.45, 2.75) is 19.5 Å². The molecule has 0 aliphatic carbocycles. The van der Waals surface area contributed by atoms with E-state index in [0.29, 0.717) is 13.1 Å². The number of guanidine groups is 1. The van der Waals surface area contributed by atoms with E-state index in [1.165, 1.54) is 0 Å². The average molecular weight is 415 g/mol. The molecule has 0 heterocycles. The highest BCUT2D eigenvalue weighted by molar-refractivity contribution is 5.79. The molecule has 0 bridgehead atoms. The van der Waals surface area contributed by atoms with E-state index in [-0.39, 0.29) is 6.04 Å². The Labute approximate surface area is 180 Å². The van der Waals surface area contributed by atoms with E-state index in [1.807, 2.05) is 36.4 Å². The van der Waals surface area contributed by atoms with Crippen molar-refractivity contribution in [3.63, 3.8) is 0 Å². The van der Waals surface area contributed by atoms with Gasteiger partial charge in [-0.2, -0.15) is 0 Å². The van der Waals surface area contributed by atoms with Gasteiger partial charge in [0.25, 0.3) is 0 Å². The van der Waals surface area contributed by atoms with Crippen molar-refractivity contribution in [1.29, 1.82) is 0 Å². The summed E-state index contributed by atoms with van der Waals surface area (Å²) < 4.78 is 16.1. The fourth-order valence-corrected chi connectivity index (χ4v) is 3.13. The van der Waals surface area contributed by atoms with Crippen molar-refractivity contribution in [3.8, 4) is 17.2 Å². The number of aliphatic imine (C=N–C) groups is 1. The summed E-state index contributed by atoms with van der Waals surface area (Å²) in [6, 6.07) is 14.1. The molecule has 0 amide bonds. The molecule has 0 saturated carbocycles. The third kappa shape index (κ3) is 6.56. The number of rotatable bonds is 10. The van der Waals surface area contributed by atoms with E-state index in [0.717, 1.165) is 40.9 Å². The number of methoxy groups -OCH3 is 3. The van der Waals surface area contributed by atoms with E-state index >= 15 is 0 Å². The van der Waals surface area contributed by atoms with E-state index in [2.05, 4.69) is 42.6 Å². The van der Waals surface area contributed by atoms with E-state index < -0.39 is 0 Å². The van der Waals surface area contributed by atoms with E-state index in [4.69, 9.17) is 19.2 Å². The lowest BCUT2D eigenvalue weighted by molar-refractivity contribution is 0.295. The molecule has 0 spiro atoms. The van der Waals surface area contributed by atoms with Gasteiger partial charge in [-0.3, -0.25) is 0 Å². The third-order valence-electron chi connectivity index (χ3n) is 4.78. The Kier molecular flexibility index (Phi) is 9.28. The van der Waals surface area contributed by atoms with Gasteiger partial charge in [0.2, 0.25) is 0 Å². The van der Waals surface area contributed by atoms with Gasteiger partial charge in [-0.05, 0) is 56.4 Å². The first-order valence-electron chi connectivity index (χ1n) is 10.1. The van der Waals surface area contributed by atoms with Crippen LogP contribution in [-0.4, -0.2) is 59.4 Å². The molecule has 0 aliphatic rings. The molecule has 7 heteroatoms. The Hall–Kier alpha value is -2.93. The lowest BCUT2D eigenvalue weighted by atomic mass is 10.1. The van der Waals surface area contributed by atoms with Crippen LogP contribution >= 0.6 is 0 Å². The zero-order valence-electron chi connectivity index (χ0n) is 18.9. The Morgan fingerprint density at radius 1 is 0.967 bits per heavy atom. The molecule has 2 aromatic rings. The van der Waals surface area contributed by atoms with Crippen LogP contribution in [0.3, 0.4) is 0 Å². The van der Waals surface area contributed by atoms with E-state index in [9.17, 15) is 0 Å². The van der Waals surface area contributed by atoms with Gasteiger partial charge in [0.1, 0.15) is 5.75 Å². The molecule has 30 heavy (non-hydrogen) atoms.